The fourth-order valence-electron chi connectivity index (χ4n) is 1.29. The molecule has 0 aliphatic carbocycles. The minimum absolute atomic E-state index is 0.224. The molecule has 1 rings (SSSR count). The van der Waals surface area contributed by atoms with E-state index in [1.807, 2.05) is 6.92 Å². The molecule has 0 bridgehead atoms. The topological polar surface area (TPSA) is 56.3 Å². The predicted molar refractivity (Wildman–Crippen MR) is 62.8 cm³/mol. The molecule has 0 saturated carbocycles. The zero-order chi connectivity index (χ0) is 11.8. The normalized spacial score (nSPS) is 12.2. The molecule has 1 aromatic rings. The summed E-state index contributed by atoms with van der Waals surface area (Å²) >= 11 is 0. The van der Waals surface area contributed by atoms with Crippen molar-refractivity contribution < 1.29 is 9.47 Å². The molecule has 1 aromatic heterocycles. The van der Waals surface area contributed by atoms with Gasteiger partial charge in [-0.3, -0.25) is 0 Å². The van der Waals surface area contributed by atoms with Gasteiger partial charge in [-0.1, -0.05) is 6.92 Å². The third-order valence-corrected chi connectivity index (χ3v) is 2.12. The Kier molecular flexibility index (Phi) is 5.56. The van der Waals surface area contributed by atoms with E-state index >= 15 is 0 Å². The van der Waals surface area contributed by atoms with Gasteiger partial charge in [-0.2, -0.15) is 4.98 Å². The van der Waals surface area contributed by atoms with Crippen molar-refractivity contribution in [1.82, 2.24) is 9.97 Å². The lowest BCUT2D eigenvalue weighted by atomic mass is 10.2. The first-order valence-electron chi connectivity index (χ1n) is 5.51. The maximum absolute atomic E-state index is 5.30. The summed E-state index contributed by atoms with van der Waals surface area (Å²) in [4.78, 5) is 8.37. The molecule has 0 aliphatic rings. The van der Waals surface area contributed by atoms with Gasteiger partial charge in [0.2, 0.25) is 11.8 Å². The van der Waals surface area contributed by atoms with E-state index in [1.54, 1.807) is 19.4 Å². The summed E-state index contributed by atoms with van der Waals surface area (Å²) in [5.41, 5.74) is 0. The van der Waals surface area contributed by atoms with E-state index in [9.17, 15) is 0 Å². The summed E-state index contributed by atoms with van der Waals surface area (Å²) in [6.45, 7) is 5.25. The molecule has 90 valence electrons. The van der Waals surface area contributed by atoms with Crippen LogP contribution >= 0.6 is 0 Å². The van der Waals surface area contributed by atoms with Crippen LogP contribution in [-0.2, 0) is 4.74 Å². The Morgan fingerprint density at radius 1 is 1.44 bits per heavy atom. The minimum Gasteiger partial charge on any atom is -0.478 e. The van der Waals surface area contributed by atoms with Crippen LogP contribution in [0.15, 0.2) is 12.3 Å². The number of hydrogen-bond acceptors (Lipinski definition) is 5. The first kappa shape index (κ1) is 12.7. The van der Waals surface area contributed by atoms with Crippen molar-refractivity contribution in [3.63, 3.8) is 0 Å². The van der Waals surface area contributed by atoms with Gasteiger partial charge in [0.15, 0.2) is 0 Å². The van der Waals surface area contributed by atoms with Gasteiger partial charge in [-0.05, 0) is 13.3 Å². The highest BCUT2D eigenvalue weighted by atomic mass is 16.5. The molecule has 1 atom stereocenters. The Hall–Kier alpha value is -1.36. The zero-order valence-corrected chi connectivity index (χ0v) is 10.1. The highest BCUT2D eigenvalue weighted by molar-refractivity contribution is 5.28. The van der Waals surface area contributed by atoms with Crippen LogP contribution in [0, 0.1) is 0 Å². The van der Waals surface area contributed by atoms with Gasteiger partial charge in [-0.15, -0.1) is 0 Å². The van der Waals surface area contributed by atoms with Gasteiger partial charge in [0.1, 0.15) is 0 Å². The number of nitrogens with one attached hydrogen (secondary N) is 1. The lowest BCUT2D eigenvalue weighted by Gasteiger charge is -2.15. The van der Waals surface area contributed by atoms with Crippen LogP contribution in [0.2, 0.25) is 0 Å². The first-order valence-corrected chi connectivity index (χ1v) is 5.51. The van der Waals surface area contributed by atoms with Crippen molar-refractivity contribution in [3.8, 4) is 5.88 Å². The summed E-state index contributed by atoms with van der Waals surface area (Å²) in [6, 6.07) is 1.97. The average Bonchev–Trinajstić information content (AvgIpc) is 2.29. The predicted octanol–water partition coefficient (Wildman–Crippen LogP) is 1.71. The Bertz CT molecular complexity index is 307. The van der Waals surface area contributed by atoms with Crippen molar-refractivity contribution in [3.05, 3.63) is 12.3 Å². The third-order valence-electron chi connectivity index (χ3n) is 2.12. The van der Waals surface area contributed by atoms with E-state index in [-0.39, 0.29) is 6.04 Å². The van der Waals surface area contributed by atoms with E-state index in [1.165, 1.54) is 0 Å². The molecule has 16 heavy (non-hydrogen) atoms. The summed E-state index contributed by atoms with van der Waals surface area (Å²) in [7, 11) is 1.68. The summed E-state index contributed by atoms with van der Waals surface area (Å²) in [6.07, 6.45) is 2.63. The molecule has 0 spiro atoms. The second-order valence-corrected chi connectivity index (χ2v) is 3.36. The molecule has 0 amide bonds. The zero-order valence-electron chi connectivity index (χ0n) is 10.1. The molecule has 1 heterocycles. The van der Waals surface area contributed by atoms with Crippen LogP contribution in [-0.4, -0.2) is 36.3 Å². The van der Waals surface area contributed by atoms with Gasteiger partial charge in [0.05, 0.1) is 19.3 Å². The number of ether oxygens (including phenoxy) is 2. The Morgan fingerprint density at radius 2 is 2.25 bits per heavy atom. The van der Waals surface area contributed by atoms with Crippen LogP contribution in [0.5, 0.6) is 5.88 Å². The summed E-state index contributed by atoms with van der Waals surface area (Å²) < 4.78 is 10.4. The standard InChI is InChI=1S/C11H19N3O2/c1-4-9(8-15-3)13-11-12-7-6-10(14-11)16-5-2/h6-7,9H,4-5,8H2,1-3H3,(H,12,13,14). The number of methoxy groups -OCH3 is 1. The van der Waals surface area contributed by atoms with Crippen molar-refractivity contribution in [1.29, 1.82) is 0 Å². The van der Waals surface area contributed by atoms with E-state index in [4.69, 9.17) is 9.47 Å². The van der Waals surface area contributed by atoms with Crippen LogP contribution in [0.25, 0.3) is 0 Å². The molecule has 0 saturated heterocycles. The molecule has 1 N–H and O–H groups in total. The van der Waals surface area contributed by atoms with Gasteiger partial charge < -0.3 is 14.8 Å². The van der Waals surface area contributed by atoms with Gasteiger partial charge in [-0.25, -0.2) is 4.98 Å². The number of rotatable bonds is 7. The van der Waals surface area contributed by atoms with E-state index in [0.717, 1.165) is 6.42 Å². The third kappa shape index (κ3) is 4.02. The fraction of sp³-hybridized carbons (Fsp3) is 0.636. The minimum atomic E-state index is 0.224. The number of hydrogen-bond donors (Lipinski definition) is 1. The molecule has 1 unspecified atom stereocenters. The SMILES string of the molecule is CCOc1ccnc(NC(CC)COC)n1. The molecular weight excluding hydrogens is 206 g/mol. The maximum atomic E-state index is 5.30. The largest absolute Gasteiger partial charge is 0.478 e. The van der Waals surface area contributed by atoms with Crippen molar-refractivity contribution in [2.24, 2.45) is 0 Å². The highest BCUT2D eigenvalue weighted by Gasteiger charge is 2.07. The molecule has 0 aliphatic heterocycles. The van der Waals surface area contributed by atoms with E-state index < -0.39 is 0 Å². The number of anilines is 1. The smallest absolute Gasteiger partial charge is 0.226 e. The van der Waals surface area contributed by atoms with Crippen molar-refractivity contribution in [2.75, 3.05) is 25.6 Å². The number of aromatic nitrogens is 2. The van der Waals surface area contributed by atoms with Gasteiger partial charge in [0.25, 0.3) is 0 Å². The van der Waals surface area contributed by atoms with E-state index in [0.29, 0.717) is 25.0 Å². The van der Waals surface area contributed by atoms with Crippen LogP contribution in [0.3, 0.4) is 0 Å². The molecular formula is C11H19N3O2. The average molecular weight is 225 g/mol. The summed E-state index contributed by atoms with van der Waals surface area (Å²) in [5, 5.41) is 3.20. The lowest BCUT2D eigenvalue weighted by Crippen LogP contribution is -2.25. The Balaban J connectivity index is 2.60. The first-order chi connectivity index (χ1) is 7.80. The molecule has 0 radical (unpaired) electrons. The van der Waals surface area contributed by atoms with Gasteiger partial charge in [0, 0.05) is 19.4 Å². The number of nitrogens with zero attached hydrogens (tertiary/aromatic N) is 2. The fourth-order valence-corrected chi connectivity index (χ4v) is 1.29. The highest BCUT2D eigenvalue weighted by Crippen LogP contribution is 2.10. The molecule has 5 heteroatoms. The molecule has 5 nitrogen and oxygen atoms in total. The quantitative estimate of drug-likeness (QED) is 0.765. The van der Waals surface area contributed by atoms with E-state index in [2.05, 4.69) is 22.2 Å². The monoisotopic (exact) mass is 225 g/mol. The lowest BCUT2D eigenvalue weighted by molar-refractivity contribution is 0.184. The second-order valence-electron chi connectivity index (χ2n) is 3.36. The van der Waals surface area contributed by atoms with Crippen LogP contribution in [0.1, 0.15) is 20.3 Å². The van der Waals surface area contributed by atoms with Gasteiger partial charge >= 0.3 is 0 Å². The second kappa shape index (κ2) is 7.00. The van der Waals surface area contributed by atoms with Crippen molar-refractivity contribution >= 4 is 5.95 Å². The Labute approximate surface area is 96.2 Å². The molecule has 0 fully saturated rings. The van der Waals surface area contributed by atoms with Crippen molar-refractivity contribution in [2.45, 2.75) is 26.3 Å². The maximum Gasteiger partial charge on any atom is 0.226 e. The van der Waals surface area contributed by atoms with Crippen LogP contribution < -0.4 is 10.1 Å². The summed E-state index contributed by atoms with van der Waals surface area (Å²) in [5.74, 6) is 1.17. The van der Waals surface area contributed by atoms with Crippen LogP contribution in [0.4, 0.5) is 5.95 Å². The molecule has 0 aromatic carbocycles. The Morgan fingerprint density at radius 3 is 2.88 bits per heavy atom.